The summed E-state index contributed by atoms with van der Waals surface area (Å²) in [6, 6.07) is 133. The molecule has 15 aromatic carbocycles. The molecule has 0 saturated carbocycles. The molecule has 0 bridgehead atoms. The van der Waals surface area contributed by atoms with E-state index in [-0.39, 0.29) is 12.1 Å². The molecule has 0 radical (unpaired) electrons. The van der Waals surface area contributed by atoms with Crippen molar-refractivity contribution in [3.05, 3.63) is 369 Å². The average Bonchev–Trinajstić information content (AvgIpc) is 0.695. The van der Waals surface area contributed by atoms with Gasteiger partial charge in [-0.15, -0.1) is 0 Å². The van der Waals surface area contributed by atoms with E-state index in [0.717, 1.165) is 129 Å². The molecule has 4 heteroatoms. The lowest BCUT2D eigenvalue weighted by atomic mass is 9.33. The molecule has 0 saturated heterocycles. The molecule has 0 spiro atoms. The number of hydrogen-bond acceptors (Lipinski definition) is 3. The normalized spacial score (nSPS) is 12.9. The van der Waals surface area contributed by atoms with Crippen molar-refractivity contribution < 1.29 is 4.74 Å². The molecule has 0 unspecified atom stereocenters. The first kappa shape index (κ1) is 57.4. The number of anilines is 6. The Hall–Kier alpha value is -12.2. The predicted molar refractivity (Wildman–Crippen MR) is 408 cm³/mol. The number of para-hydroxylation sites is 3. The summed E-state index contributed by atoms with van der Waals surface area (Å²) >= 11 is 0. The molecule has 0 amide bonds. The van der Waals surface area contributed by atoms with Crippen LogP contribution >= 0.6 is 0 Å². The van der Waals surface area contributed by atoms with E-state index in [9.17, 15) is 0 Å². The van der Waals surface area contributed by atoms with Crippen LogP contribution in [0.2, 0.25) is 0 Å². The second-order valence-corrected chi connectivity index (χ2v) is 26.2. The fourth-order valence-corrected chi connectivity index (χ4v) is 15.8. The van der Waals surface area contributed by atoms with Crippen molar-refractivity contribution >= 4 is 57.2 Å². The Morgan fingerprint density at radius 1 is 0.237 bits per heavy atom. The van der Waals surface area contributed by atoms with Crippen LogP contribution in [0.15, 0.2) is 358 Å². The molecule has 0 aromatic heterocycles. The summed E-state index contributed by atoms with van der Waals surface area (Å²) in [5.41, 5.74) is 32.7. The quantitative estimate of drug-likeness (QED) is 0.120. The van der Waals surface area contributed by atoms with Crippen LogP contribution < -0.4 is 30.9 Å². The van der Waals surface area contributed by atoms with Crippen molar-refractivity contribution in [1.82, 2.24) is 0 Å². The number of rotatable bonds is 11. The summed E-state index contributed by atoms with van der Waals surface area (Å²) in [4.78, 5) is 5.33. The van der Waals surface area contributed by atoms with E-state index in [0.29, 0.717) is 0 Å². The highest BCUT2D eigenvalue weighted by atomic mass is 16.5. The van der Waals surface area contributed by atoms with Crippen LogP contribution in [0.1, 0.15) is 25.0 Å². The third-order valence-corrected chi connectivity index (χ3v) is 20.3. The van der Waals surface area contributed by atoms with Crippen molar-refractivity contribution in [2.75, 3.05) is 9.80 Å². The Morgan fingerprint density at radius 3 is 0.948 bits per heavy atom. The average molecular weight is 1240 g/mol. The fourth-order valence-electron chi connectivity index (χ4n) is 15.8. The molecule has 3 aliphatic rings. The van der Waals surface area contributed by atoms with Crippen LogP contribution in [0.25, 0.3) is 100 Å². The topological polar surface area (TPSA) is 15.7 Å². The molecule has 0 N–H and O–H groups in total. The fraction of sp³-hybridized carbons (Fsp3) is 0.0323. The molecule has 3 aliphatic heterocycles. The first-order valence-electron chi connectivity index (χ1n) is 33.7. The molecule has 0 fully saturated rings. The maximum Gasteiger partial charge on any atom is 0.252 e. The van der Waals surface area contributed by atoms with Gasteiger partial charge in [-0.1, -0.05) is 335 Å². The van der Waals surface area contributed by atoms with Gasteiger partial charge in [0.2, 0.25) is 0 Å². The van der Waals surface area contributed by atoms with E-state index in [1.165, 1.54) is 44.2 Å². The lowest BCUT2D eigenvalue weighted by Gasteiger charge is -2.46. The zero-order chi connectivity index (χ0) is 64.6. The van der Waals surface area contributed by atoms with E-state index in [4.69, 9.17) is 4.74 Å². The van der Waals surface area contributed by atoms with Crippen molar-refractivity contribution in [2.24, 2.45) is 0 Å². The molecule has 15 aromatic rings. The monoisotopic (exact) mass is 1240 g/mol. The largest absolute Gasteiger partial charge is 0.457 e. The number of ether oxygens (including phenoxy) is 1. The lowest BCUT2D eigenvalue weighted by molar-refractivity contribution is 0.418. The van der Waals surface area contributed by atoms with Crippen molar-refractivity contribution in [3.63, 3.8) is 0 Å². The Labute approximate surface area is 568 Å². The lowest BCUT2D eigenvalue weighted by Crippen LogP contribution is -2.61. The maximum absolute atomic E-state index is 7.08. The third kappa shape index (κ3) is 9.74. The summed E-state index contributed by atoms with van der Waals surface area (Å²) < 4.78 is 7.08. The number of nitrogens with zero attached hydrogens (tertiary/aromatic N) is 2. The standard InChI is InChI=1S/C93H65BN2O/c1-93(2)80-49-25-26-50-88(80)97-89-61-68(51-54-81(89)93)71-59-86-90-87(60-71)96(92-78(66-37-17-7-18-38-66)47-28-48-79(92)67-39-19-8-20-40-67)85-58-70(75-44-24-22-42-73(75)63-31-11-4-12-32-63)53-56-83(85)94(90)82-55-52-69(74-43-23-21-41-72(74)62-29-9-3-10-30-62)57-84(82)95(86)91-76(64-33-13-5-14-34-64)45-27-46-77(91)65-35-15-6-16-36-65/h3-61H,1-2H3. The van der Waals surface area contributed by atoms with Gasteiger partial charge in [-0.3, -0.25) is 0 Å². The van der Waals surface area contributed by atoms with Crippen molar-refractivity contribution in [3.8, 4) is 112 Å². The van der Waals surface area contributed by atoms with Gasteiger partial charge in [0.1, 0.15) is 11.5 Å². The molecule has 18 rings (SSSR count). The third-order valence-electron chi connectivity index (χ3n) is 20.3. The minimum atomic E-state index is -0.309. The van der Waals surface area contributed by atoms with Crippen LogP contribution in [0, 0.1) is 0 Å². The van der Waals surface area contributed by atoms with Crippen molar-refractivity contribution in [2.45, 2.75) is 19.3 Å². The van der Waals surface area contributed by atoms with Gasteiger partial charge in [0.05, 0.1) is 11.4 Å². The zero-order valence-electron chi connectivity index (χ0n) is 53.9. The summed E-state index contributed by atoms with van der Waals surface area (Å²) in [5, 5.41) is 0. The van der Waals surface area contributed by atoms with Crippen LogP contribution in [-0.4, -0.2) is 6.71 Å². The summed E-state index contributed by atoms with van der Waals surface area (Å²) in [5.74, 6) is 1.75. The minimum Gasteiger partial charge on any atom is -0.457 e. The number of benzene rings is 15. The van der Waals surface area contributed by atoms with E-state index in [1.54, 1.807) is 0 Å². The molecule has 3 heterocycles. The molecule has 0 atom stereocenters. The summed E-state index contributed by atoms with van der Waals surface area (Å²) in [7, 11) is 0. The van der Waals surface area contributed by atoms with E-state index >= 15 is 0 Å². The Bertz CT molecular complexity index is 5120. The van der Waals surface area contributed by atoms with Gasteiger partial charge in [0, 0.05) is 61.5 Å². The highest BCUT2D eigenvalue weighted by Crippen LogP contribution is 2.56. The SMILES string of the molecule is CC1(C)c2ccccc2Oc2cc(-c3cc4c5c(c3)N(c3c(-c6ccccc6)cccc3-c3ccccc3)c3cc(-c6ccccc6-c6ccccc6)ccc3B5c3ccc(-c5ccccc5-c5ccccc5)cc3N4c3c(-c4ccccc4)cccc3-c3ccccc3)ccc21. The molecular formula is C93H65BN2O. The molecule has 97 heavy (non-hydrogen) atoms. The van der Waals surface area contributed by atoms with Gasteiger partial charge in [-0.05, 0) is 131 Å². The van der Waals surface area contributed by atoms with Crippen LogP contribution in [0.4, 0.5) is 34.1 Å². The molecule has 456 valence electrons. The molecule has 0 aliphatic carbocycles. The van der Waals surface area contributed by atoms with Crippen LogP contribution in [0.5, 0.6) is 11.5 Å². The zero-order valence-corrected chi connectivity index (χ0v) is 53.9. The van der Waals surface area contributed by atoms with E-state index in [2.05, 4.69) is 382 Å². The Morgan fingerprint density at radius 2 is 0.546 bits per heavy atom. The first-order valence-corrected chi connectivity index (χ1v) is 33.7. The molecular weight excluding hydrogens is 1170 g/mol. The van der Waals surface area contributed by atoms with Crippen LogP contribution in [-0.2, 0) is 5.41 Å². The molecule has 3 nitrogen and oxygen atoms in total. The van der Waals surface area contributed by atoms with Gasteiger partial charge >= 0.3 is 0 Å². The second-order valence-electron chi connectivity index (χ2n) is 26.2. The van der Waals surface area contributed by atoms with Gasteiger partial charge in [-0.25, -0.2) is 0 Å². The van der Waals surface area contributed by atoms with Gasteiger partial charge in [-0.2, -0.15) is 0 Å². The predicted octanol–water partition coefficient (Wildman–Crippen LogP) is 23.2. The number of fused-ring (bicyclic) bond motifs is 6. The smallest absolute Gasteiger partial charge is 0.252 e. The van der Waals surface area contributed by atoms with Gasteiger partial charge in [0.15, 0.2) is 0 Å². The van der Waals surface area contributed by atoms with E-state index < -0.39 is 0 Å². The number of hydrogen-bond donors (Lipinski definition) is 0. The van der Waals surface area contributed by atoms with E-state index in [1.807, 2.05) is 0 Å². The first-order chi connectivity index (χ1) is 47.9. The van der Waals surface area contributed by atoms with Crippen molar-refractivity contribution in [1.29, 1.82) is 0 Å². The Balaban J connectivity index is 1.01. The van der Waals surface area contributed by atoms with Gasteiger partial charge in [0.25, 0.3) is 6.71 Å². The summed E-state index contributed by atoms with van der Waals surface area (Å²) in [6.07, 6.45) is 0. The van der Waals surface area contributed by atoms with Crippen LogP contribution in [0.3, 0.4) is 0 Å². The highest BCUT2D eigenvalue weighted by Gasteiger charge is 2.46. The second kappa shape index (κ2) is 23.6. The minimum absolute atomic E-state index is 0.245. The summed E-state index contributed by atoms with van der Waals surface area (Å²) in [6.45, 7) is 4.40. The Kier molecular flexibility index (Phi) is 14.0. The maximum atomic E-state index is 7.08. The van der Waals surface area contributed by atoms with Gasteiger partial charge < -0.3 is 14.5 Å². The highest BCUT2D eigenvalue weighted by molar-refractivity contribution is 7.00.